The molecular weight excluding hydrogens is 234 g/mol. The zero-order valence-corrected chi connectivity index (χ0v) is 10.7. The van der Waals surface area contributed by atoms with Crippen molar-refractivity contribution in [1.82, 2.24) is 15.0 Å². The van der Waals surface area contributed by atoms with Gasteiger partial charge in [0.2, 0.25) is 0 Å². The van der Waals surface area contributed by atoms with E-state index in [2.05, 4.69) is 20.3 Å². The molecule has 0 aliphatic carbocycles. The highest BCUT2D eigenvalue weighted by Crippen LogP contribution is 2.14. The van der Waals surface area contributed by atoms with Crippen molar-refractivity contribution in [1.29, 1.82) is 0 Å². The monoisotopic (exact) mass is 249 g/mol. The minimum absolute atomic E-state index is 0.407. The molecule has 2 rings (SSSR count). The van der Waals surface area contributed by atoms with Gasteiger partial charge in [-0.05, 0) is 6.92 Å². The van der Waals surface area contributed by atoms with Crippen LogP contribution in [0.4, 0.5) is 5.82 Å². The fourth-order valence-corrected chi connectivity index (χ4v) is 2.09. The van der Waals surface area contributed by atoms with Crippen molar-refractivity contribution in [2.45, 2.75) is 20.0 Å². The number of hydrogen-bond acceptors (Lipinski definition) is 6. The maximum atomic E-state index is 5.54. The van der Waals surface area contributed by atoms with Gasteiger partial charge in [-0.25, -0.2) is 9.97 Å². The maximum Gasteiger partial charge on any atom is 0.147 e. The summed E-state index contributed by atoms with van der Waals surface area (Å²) in [6.45, 7) is 3.14. The molecule has 0 aliphatic heterocycles. The topological polar surface area (TPSA) is 67.9 Å². The molecule has 0 bridgehead atoms. The number of nitrogens with two attached hydrogens (primary N) is 1. The predicted octanol–water partition coefficient (Wildman–Crippen LogP) is 1.34. The Morgan fingerprint density at radius 2 is 2.12 bits per heavy atom. The SMILES string of the molecule is Cc1nc(CN(C)c2cncc(CN)n2)cs1. The lowest BCUT2D eigenvalue weighted by molar-refractivity contribution is 0.846. The van der Waals surface area contributed by atoms with E-state index in [0.29, 0.717) is 6.54 Å². The van der Waals surface area contributed by atoms with Crippen LogP contribution in [0.15, 0.2) is 17.8 Å². The van der Waals surface area contributed by atoms with Crippen molar-refractivity contribution in [2.24, 2.45) is 5.73 Å². The van der Waals surface area contributed by atoms with Gasteiger partial charge in [0, 0.05) is 25.2 Å². The van der Waals surface area contributed by atoms with E-state index in [1.807, 2.05) is 18.9 Å². The highest BCUT2D eigenvalue weighted by Gasteiger charge is 2.07. The number of aromatic nitrogens is 3. The molecule has 2 heterocycles. The smallest absolute Gasteiger partial charge is 0.147 e. The molecule has 2 aromatic rings. The first-order chi connectivity index (χ1) is 8.19. The quantitative estimate of drug-likeness (QED) is 0.885. The van der Waals surface area contributed by atoms with Gasteiger partial charge in [0.1, 0.15) is 5.82 Å². The second kappa shape index (κ2) is 5.20. The van der Waals surface area contributed by atoms with E-state index in [0.717, 1.165) is 28.8 Å². The molecule has 17 heavy (non-hydrogen) atoms. The van der Waals surface area contributed by atoms with E-state index < -0.39 is 0 Å². The molecule has 0 aliphatic rings. The van der Waals surface area contributed by atoms with Gasteiger partial charge in [0.15, 0.2) is 0 Å². The summed E-state index contributed by atoms with van der Waals surface area (Å²) in [7, 11) is 1.97. The zero-order valence-electron chi connectivity index (χ0n) is 9.92. The second-order valence-electron chi connectivity index (χ2n) is 3.79. The van der Waals surface area contributed by atoms with Crippen molar-refractivity contribution >= 4 is 17.2 Å². The number of rotatable bonds is 4. The van der Waals surface area contributed by atoms with E-state index in [9.17, 15) is 0 Å². The van der Waals surface area contributed by atoms with Crippen LogP contribution in [0.3, 0.4) is 0 Å². The van der Waals surface area contributed by atoms with Crippen molar-refractivity contribution in [2.75, 3.05) is 11.9 Å². The van der Waals surface area contributed by atoms with Crippen LogP contribution in [0.25, 0.3) is 0 Å². The van der Waals surface area contributed by atoms with Crippen LogP contribution < -0.4 is 10.6 Å². The first-order valence-corrected chi connectivity index (χ1v) is 6.20. The van der Waals surface area contributed by atoms with Gasteiger partial charge in [-0.1, -0.05) is 0 Å². The lowest BCUT2D eigenvalue weighted by atomic mass is 10.4. The van der Waals surface area contributed by atoms with E-state index in [-0.39, 0.29) is 0 Å². The van der Waals surface area contributed by atoms with Crippen LogP contribution in [-0.2, 0) is 13.1 Å². The second-order valence-corrected chi connectivity index (χ2v) is 4.85. The standard InChI is InChI=1S/C11H15N5S/c1-8-14-10(7-17-8)6-16(2)11-5-13-4-9(3-12)15-11/h4-5,7H,3,6,12H2,1-2H3. The number of aryl methyl sites for hydroxylation is 1. The van der Waals surface area contributed by atoms with Gasteiger partial charge in [-0.15, -0.1) is 11.3 Å². The largest absolute Gasteiger partial charge is 0.352 e. The Hall–Kier alpha value is -1.53. The predicted molar refractivity (Wildman–Crippen MR) is 68.9 cm³/mol. The molecule has 6 heteroatoms. The fourth-order valence-electron chi connectivity index (χ4n) is 1.48. The third-order valence-electron chi connectivity index (χ3n) is 2.34. The van der Waals surface area contributed by atoms with Crippen molar-refractivity contribution in [3.05, 3.63) is 34.2 Å². The molecule has 0 aromatic carbocycles. The molecule has 0 amide bonds. The molecule has 5 nitrogen and oxygen atoms in total. The molecule has 0 atom stereocenters. The molecule has 0 fully saturated rings. The summed E-state index contributed by atoms with van der Waals surface area (Å²) in [5.74, 6) is 0.818. The van der Waals surface area contributed by atoms with Crippen molar-refractivity contribution < 1.29 is 0 Å². The Morgan fingerprint density at radius 1 is 1.29 bits per heavy atom. The lowest BCUT2D eigenvalue weighted by Crippen LogP contribution is -2.19. The molecule has 90 valence electrons. The van der Waals surface area contributed by atoms with Crippen LogP contribution in [0.2, 0.25) is 0 Å². The summed E-state index contributed by atoms with van der Waals surface area (Å²) in [4.78, 5) is 15.0. The molecule has 0 radical (unpaired) electrons. The minimum atomic E-state index is 0.407. The summed E-state index contributed by atoms with van der Waals surface area (Å²) >= 11 is 1.66. The summed E-state index contributed by atoms with van der Waals surface area (Å²) in [5.41, 5.74) is 7.39. The van der Waals surface area contributed by atoms with E-state index in [1.54, 1.807) is 23.7 Å². The van der Waals surface area contributed by atoms with Crippen molar-refractivity contribution in [3.63, 3.8) is 0 Å². The van der Waals surface area contributed by atoms with Gasteiger partial charge in [-0.2, -0.15) is 0 Å². The lowest BCUT2D eigenvalue weighted by Gasteiger charge is -2.16. The molecule has 0 unspecified atom stereocenters. The Labute approximate surface area is 104 Å². The highest BCUT2D eigenvalue weighted by atomic mass is 32.1. The van der Waals surface area contributed by atoms with Crippen LogP contribution in [0.1, 0.15) is 16.4 Å². The van der Waals surface area contributed by atoms with E-state index >= 15 is 0 Å². The van der Waals surface area contributed by atoms with Crippen molar-refractivity contribution in [3.8, 4) is 0 Å². The van der Waals surface area contributed by atoms with Gasteiger partial charge in [-0.3, -0.25) is 4.98 Å². The Balaban J connectivity index is 2.11. The molecule has 2 aromatic heterocycles. The summed E-state index contributed by atoms with van der Waals surface area (Å²) < 4.78 is 0. The maximum absolute atomic E-state index is 5.54. The molecule has 0 spiro atoms. The Morgan fingerprint density at radius 3 is 2.76 bits per heavy atom. The van der Waals surface area contributed by atoms with Crippen LogP contribution >= 0.6 is 11.3 Å². The fraction of sp³-hybridized carbons (Fsp3) is 0.364. The van der Waals surface area contributed by atoms with E-state index in [4.69, 9.17) is 5.73 Å². The summed E-state index contributed by atoms with van der Waals surface area (Å²) in [6, 6.07) is 0. The molecule has 0 saturated carbocycles. The van der Waals surface area contributed by atoms with Gasteiger partial charge in [0.05, 0.1) is 29.1 Å². The average Bonchev–Trinajstić information content (AvgIpc) is 2.75. The molecular formula is C11H15N5S. The van der Waals surface area contributed by atoms with Gasteiger partial charge < -0.3 is 10.6 Å². The Kier molecular flexibility index (Phi) is 3.65. The average molecular weight is 249 g/mol. The van der Waals surface area contributed by atoms with Crippen LogP contribution in [0, 0.1) is 6.92 Å². The number of thiazole rings is 1. The number of nitrogens with zero attached hydrogens (tertiary/aromatic N) is 4. The minimum Gasteiger partial charge on any atom is -0.352 e. The van der Waals surface area contributed by atoms with Crippen LogP contribution in [0.5, 0.6) is 0 Å². The third-order valence-corrected chi connectivity index (χ3v) is 3.16. The first-order valence-electron chi connectivity index (χ1n) is 5.32. The normalized spacial score (nSPS) is 10.5. The van der Waals surface area contributed by atoms with Gasteiger partial charge >= 0.3 is 0 Å². The number of anilines is 1. The summed E-state index contributed by atoms with van der Waals surface area (Å²) in [6.07, 6.45) is 3.42. The van der Waals surface area contributed by atoms with Crippen LogP contribution in [-0.4, -0.2) is 22.0 Å². The third kappa shape index (κ3) is 2.98. The number of hydrogen-bond donors (Lipinski definition) is 1. The zero-order chi connectivity index (χ0) is 12.3. The molecule has 0 saturated heterocycles. The summed E-state index contributed by atoms with van der Waals surface area (Å²) in [5, 5.41) is 3.14. The first kappa shape index (κ1) is 11.9. The highest BCUT2D eigenvalue weighted by molar-refractivity contribution is 7.09. The van der Waals surface area contributed by atoms with Gasteiger partial charge in [0.25, 0.3) is 0 Å². The van der Waals surface area contributed by atoms with E-state index in [1.165, 1.54) is 0 Å². The Bertz CT molecular complexity index is 496. The molecule has 2 N–H and O–H groups in total.